The van der Waals surface area contributed by atoms with E-state index >= 15 is 0 Å². The molecule has 0 atom stereocenters. The Kier molecular flexibility index (Phi) is 4.16. The molecule has 10 heteroatoms. The van der Waals surface area contributed by atoms with Crippen molar-refractivity contribution in [3.8, 4) is 11.7 Å². The van der Waals surface area contributed by atoms with Gasteiger partial charge in [-0.05, 0) is 38.8 Å². The van der Waals surface area contributed by atoms with Crippen LogP contribution in [0.2, 0.25) is 0 Å². The first-order chi connectivity index (χ1) is 12.5. The van der Waals surface area contributed by atoms with E-state index in [1.165, 1.54) is 4.31 Å². The second kappa shape index (κ2) is 6.36. The number of furan rings is 1. The summed E-state index contributed by atoms with van der Waals surface area (Å²) in [5.41, 5.74) is 1.05. The minimum atomic E-state index is -3.56. The lowest BCUT2D eigenvalue weighted by atomic mass is 9.98. The van der Waals surface area contributed by atoms with E-state index in [0.717, 1.165) is 0 Å². The Hall–Kier alpha value is -2.46. The average Bonchev–Trinajstić information content (AvgIpc) is 3.35. The van der Waals surface area contributed by atoms with Gasteiger partial charge in [0.2, 0.25) is 15.9 Å². The fraction of sp³-hybridized carbons (Fsp3) is 0.438. The summed E-state index contributed by atoms with van der Waals surface area (Å²) in [6, 6.07) is 3.50. The zero-order valence-electron chi connectivity index (χ0n) is 14.5. The Morgan fingerprint density at radius 3 is 2.62 bits per heavy atom. The number of piperidine rings is 1. The number of aromatic nitrogens is 4. The molecule has 0 aromatic carbocycles. The Balaban J connectivity index is 1.48. The van der Waals surface area contributed by atoms with Crippen molar-refractivity contribution in [2.24, 2.45) is 0 Å². The molecule has 26 heavy (non-hydrogen) atoms. The van der Waals surface area contributed by atoms with Gasteiger partial charge < -0.3 is 8.83 Å². The second-order valence-electron chi connectivity index (χ2n) is 6.36. The lowest BCUT2D eigenvalue weighted by molar-refractivity contribution is 0.290. The van der Waals surface area contributed by atoms with Gasteiger partial charge in [0.05, 0.1) is 17.7 Å². The Morgan fingerprint density at radius 2 is 2.00 bits per heavy atom. The summed E-state index contributed by atoms with van der Waals surface area (Å²) in [4.78, 5) is 0.272. The molecule has 0 aliphatic carbocycles. The standard InChI is InChI=1S/C16H19N5O4S/c1-10-14(11(2)18-17-10)26(22,23)21-7-5-12(6-8-21)15-19-20-16(25-15)13-4-3-9-24-13/h3-4,9,12H,5-8H2,1-2H3,(H,17,18). The van der Waals surface area contributed by atoms with E-state index in [1.54, 1.807) is 32.2 Å². The van der Waals surface area contributed by atoms with E-state index in [-0.39, 0.29) is 10.8 Å². The van der Waals surface area contributed by atoms with Gasteiger partial charge in [0.25, 0.3) is 5.89 Å². The molecule has 0 saturated carbocycles. The van der Waals surface area contributed by atoms with Crippen LogP contribution in [0.1, 0.15) is 36.0 Å². The predicted octanol–water partition coefficient (Wildman–Crippen LogP) is 2.24. The van der Waals surface area contributed by atoms with Gasteiger partial charge in [0.1, 0.15) is 4.90 Å². The third-order valence-corrected chi connectivity index (χ3v) is 6.80. The number of nitrogens with one attached hydrogen (secondary N) is 1. The molecule has 1 saturated heterocycles. The van der Waals surface area contributed by atoms with Crippen LogP contribution < -0.4 is 0 Å². The van der Waals surface area contributed by atoms with Crippen LogP contribution in [0.4, 0.5) is 0 Å². The first kappa shape index (κ1) is 17.0. The smallest absolute Gasteiger partial charge is 0.283 e. The number of hydrogen-bond acceptors (Lipinski definition) is 7. The normalized spacial score (nSPS) is 17.0. The molecular weight excluding hydrogens is 358 g/mol. The van der Waals surface area contributed by atoms with Crippen molar-refractivity contribution in [3.63, 3.8) is 0 Å². The number of rotatable bonds is 4. The molecule has 3 aromatic rings. The van der Waals surface area contributed by atoms with Crippen LogP contribution in [-0.4, -0.2) is 46.2 Å². The SMILES string of the molecule is Cc1n[nH]c(C)c1S(=O)(=O)N1CCC(c2nnc(-c3ccco3)o2)CC1. The molecule has 0 amide bonds. The van der Waals surface area contributed by atoms with E-state index in [4.69, 9.17) is 8.83 Å². The molecule has 4 rings (SSSR count). The quantitative estimate of drug-likeness (QED) is 0.740. The number of nitrogens with zero attached hydrogens (tertiary/aromatic N) is 4. The minimum Gasteiger partial charge on any atom is -0.459 e. The van der Waals surface area contributed by atoms with Crippen molar-refractivity contribution >= 4 is 10.0 Å². The third-order valence-electron chi connectivity index (χ3n) is 4.63. The topological polar surface area (TPSA) is 118 Å². The summed E-state index contributed by atoms with van der Waals surface area (Å²) < 4.78 is 38.2. The summed E-state index contributed by atoms with van der Waals surface area (Å²) in [7, 11) is -3.56. The maximum Gasteiger partial charge on any atom is 0.283 e. The van der Waals surface area contributed by atoms with Gasteiger partial charge in [-0.15, -0.1) is 10.2 Å². The molecule has 3 aromatic heterocycles. The number of aromatic amines is 1. The summed E-state index contributed by atoms with van der Waals surface area (Å²) in [6.07, 6.45) is 2.78. The van der Waals surface area contributed by atoms with Crippen LogP contribution >= 0.6 is 0 Å². The zero-order chi connectivity index (χ0) is 18.3. The summed E-state index contributed by atoms with van der Waals surface area (Å²) in [5, 5.41) is 14.8. The van der Waals surface area contributed by atoms with E-state index in [0.29, 0.717) is 54.9 Å². The first-order valence-corrected chi connectivity index (χ1v) is 9.80. The first-order valence-electron chi connectivity index (χ1n) is 8.36. The average molecular weight is 377 g/mol. The van der Waals surface area contributed by atoms with Crippen LogP contribution in [0.3, 0.4) is 0 Å². The van der Waals surface area contributed by atoms with Crippen LogP contribution in [0, 0.1) is 13.8 Å². The van der Waals surface area contributed by atoms with E-state index in [9.17, 15) is 8.42 Å². The lowest BCUT2D eigenvalue weighted by Crippen LogP contribution is -2.38. The highest BCUT2D eigenvalue weighted by molar-refractivity contribution is 7.89. The van der Waals surface area contributed by atoms with Crippen LogP contribution in [0.25, 0.3) is 11.7 Å². The molecule has 138 valence electrons. The fourth-order valence-electron chi connectivity index (χ4n) is 3.29. The van der Waals surface area contributed by atoms with Crippen LogP contribution in [0.15, 0.2) is 32.1 Å². The van der Waals surface area contributed by atoms with Gasteiger partial charge in [-0.25, -0.2) is 8.42 Å². The van der Waals surface area contributed by atoms with Gasteiger partial charge in [0.15, 0.2) is 5.76 Å². The highest BCUT2D eigenvalue weighted by atomic mass is 32.2. The Bertz CT molecular complexity index is 978. The van der Waals surface area contributed by atoms with Gasteiger partial charge in [-0.1, -0.05) is 0 Å². The van der Waals surface area contributed by atoms with E-state index < -0.39 is 10.0 Å². The molecule has 0 spiro atoms. The zero-order valence-corrected chi connectivity index (χ0v) is 15.3. The molecule has 9 nitrogen and oxygen atoms in total. The Morgan fingerprint density at radius 1 is 1.23 bits per heavy atom. The maximum absolute atomic E-state index is 12.9. The molecule has 1 aliphatic rings. The molecule has 1 N–H and O–H groups in total. The second-order valence-corrected chi connectivity index (χ2v) is 8.24. The van der Waals surface area contributed by atoms with Crippen molar-refractivity contribution in [2.45, 2.75) is 37.5 Å². The lowest BCUT2D eigenvalue weighted by Gasteiger charge is -2.29. The number of aryl methyl sites for hydroxylation is 2. The van der Waals surface area contributed by atoms with E-state index in [2.05, 4.69) is 20.4 Å². The van der Waals surface area contributed by atoms with Gasteiger partial charge in [-0.2, -0.15) is 9.40 Å². The Labute approximate surface area is 150 Å². The molecule has 0 radical (unpaired) electrons. The van der Waals surface area contributed by atoms with Crippen molar-refractivity contribution < 1.29 is 17.3 Å². The monoisotopic (exact) mass is 377 g/mol. The van der Waals surface area contributed by atoms with E-state index in [1.807, 2.05) is 0 Å². The molecular formula is C16H19N5O4S. The highest BCUT2D eigenvalue weighted by Gasteiger charge is 2.34. The van der Waals surface area contributed by atoms with Crippen molar-refractivity contribution in [3.05, 3.63) is 35.7 Å². The van der Waals surface area contributed by atoms with Crippen LogP contribution in [0.5, 0.6) is 0 Å². The van der Waals surface area contributed by atoms with Gasteiger partial charge in [0, 0.05) is 19.0 Å². The molecule has 1 aliphatic heterocycles. The number of H-pyrrole nitrogens is 1. The van der Waals surface area contributed by atoms with Gasteiger partial charge >= 0.3 is 0 Å². The number of sulfonamides is 1. The molecule has 0 bridgehead atoms. The van der Waals surface area contributed by atoms with Gasteiger partial charge in [-0.3, -0.25) is 5.10 Å². The van der Waals surface area contributed by atoms with Crippen molar-refractivity contribution in [2.75, 3.05) is 13.1 Å². The molecule has 4 heterocycles. The summed E-state index contributed by atoms with van der Waals surface area (Å²) in [5.74, 6) is 1.41. The minimum absolute atomic E-state index is 0.0317. The predicted molar refractivity (Wildman–Crippen MR) is 90.8 cm³/mol. The molecule has 0 unspecified atom stereocenters. The summed E-state index contributed by atoms with van der Waals surface area (Å²) in [6.45, 7) is 4.21. The number of hydrogen-bond donors (Lipinski definition) is 1. The maximum atomic E-state index is 12.9. The largest absolute Gasteiger partial charge is 0.459 e. The fourth-order valence-corrected chi connectivity index (χ4v) is 5.09. The molecule has 1 fully saturated rings. The third kappa shape index (κ3) is 2.84. The van der Waals surface area contributed by atoms with Crippen LogP contribution in [-0.2, 0) is 10.0 Å². The highest BCUT2D eigenvalue weighted by Crippen LogP contribution is 2.32. The van der Waals surface area contributed by atoms with Crippen molar-refractivity contribution in [1.82, 2.24) is 24.7 Å². The van der Waals surface area contributed by atoms with Crippen molar-refractivity contribution in [1.29, 1.82) is 0 Å². The summed E-state index contributed by atoms with van der Waals surface area (Å²) >= 11 is 0.